The minimum Gasteiger partial charge on any atom is -0.492 e. The van der Waals surface area contributed by atoms with Gasteiger partial charge in [0.05, 0.1) is 6.61 Å². The van der Waals surface area contributed by atoms with E-state index in [2.05, 4.69) is 25.5 Å². The molecule has 1 aromatic carbocycles. The fraction of sp³-hybridized carbons (Fsp3) is 0.700. The van der Waals surface area contributed by atoms with Gasteiger partial charge in [0.25, 0.3) is 0 Å². The lowest BCUT2D eigenvalue weighted by Crippen LogP contribution is -2.36. The molecule has 0 aliphatic heterocycles. The van der Waals surface area contributed by atoms with E-state index in [0.29, 0.717) is 17.3 Å². The summed E-state index contributed by atoms with van der Waals surface area (Å²) in [5.41, 5.74) is 2.14. The average molecular weight is 368 g/mol. The molecule has 4 nitrogen and oxygen atoms in total. The van der Waals surface area contributed by atoms with E-state index >= 15 is 0 Å². The number of rotatable bonds is 8. The van der Waals surface area contributed by atoms with Crippen LogP contribution in [0.1, 0.15) is 82.8 Å². The summed E-state index contributed by atoms with van der Waals surface area (Å²) in [5.74, 6) is 0.756. The van der Waals surface area contributed by atoms with Crippen molar-refractivity contribution in [2.75, 3.05) is 6.61 Å². The molecule has 0 aromatic heterocycles. The third-order valence-corrected chi connectivity index (χ3v) is 6.47. The van der Waals surface area contributed by atoms with Gasteiger partial charge in [-0.2, -0.15) is 0 Å². The monoisotopic (exact) mass is 367 g/mol. The van der Waals surface area contributed by atoms with Gasteiger partial charge in [0.2, 0.25) is 10.0 Å². The summed E-state index contributed by atoms with van der Waals surface area (Å²) in [6.45, 7) is 8.84. The normalized spacial score (nSPS) is 16.4. The Morgan fingerprint density at radius 2 is 1.88 bits per heavy atom. The Kier molecular flexibility index (Phi) is 7.32. The molecular formula is C20H33NO3S. The van der Waals surface area contributed by atoms with Crippen LogP contribution in [0.15, 0.2) is 17.0 Å². The Balaban J connectivity index is 2.34. The molecule has 0 radical (unpaired) electrons. The summed E-state index contributed by atoms with van der Waals surface area (Å²) in [6, 6.07) is 3.75. The van der Waals surface area contributed by atoms with Crippen LogP contribution in [0.5, 0.6) is 5.75 Å². The zero-order valence-electron chi connectivity index (χ0n) is 16.1. The molecule has 142 valence electrons. The maximum Gasteiger partial charge on any atom is 0.244 e. The molecule has 0 heterocycles. The summed E-state index contributed by atoms with van der Waals surface area (Å²) >= 11 is 0. The van der Waals surface area contributed by atoms with Crippen LogP contribution in [0, 0.1) is 6.92 Å². The Morgan fingerprint density at radius 3 is 2.48 bits per heavy atom. The lowest BCUT2D eigenvalue weighted by atomic mass is 9.96. The molecule has 0 saturated heterocycles. The van der Waals surface area contributed by atoms with E-state index in [9.17, 15) is 8.42 Å². The van der Waals surface area contributed by atoms with Crippen molar-refractivity contribution in [1.82, 2.24) is 4.72 Å². The molecule has 0 unspecified atom stereocenters. The van der Waals surface area contributed by atoms with Gasteiger partial charge in [-0.25, -0.2) is 13.1 Å². The first-order chi connectivity index (χ1) is 11.8. The Morgan fingerprint density at radius 1 is 1.20 bits per heavy atom. The van der Waals surface area contributed by atoms with Crippen molar-refractivity contribution < 1.29 is 13.2 Å². The molecule has 1 aliphatic carbocycles. The lowest BCUT2D eigenvalue weighted by molar-refractivity contribution is 0.301. The highest BCUT2D eigenvalue weighted by molar-refractivity contribution is 7.89. The third-order valence-electron chi connectivity index (χ3n) is 4.93. The van der Waals surface area contributed by atoms with Crippen LogP contribution in [0.25, 0.3) is 0 Å². The van der Waals surface area contributed by atoms with Crippen LogP contribution in [0.2, 0.25) is 0 Å². The van der Waals surface area contributed by atoms with Crippen LogP contribution in [0.4, 0.5) is 0 Å². The van der Waals surface area contributed by atoms with Crippen LogP contribution >= 0.6 is 0 Å². The molecule has 0 atom stereocenters. The first-order valence-electron chi connectivity index (χ1n) is 9.64. The number of unbranched alkanes of at least 4 members (excludes halogenated alkanes) is 1. The smallest absolute Gasteiger partial charge is 0.244 e. The van der Waals surface area contributed by atoms with Gasteiger partial charge in [-0.3, -0.25) is 0 Å². The molecule has 2 rings (SSSR count). The van der Waals surface area contributed by atoms with Gasteiger partial charge in [-0.15, -0.1) is 0 Å². The molecule has 1 N–H and O–H groups in total. The van der Waals surface area contributed by atoms with E-state index < -0.39 is 10.0 Å². The lowest BCUT2D eigenvalue weighted by Gasteiger charge is -2.24. The second-order valence-corrected chi connectivity index (χ2v) is 9.15. The number of nitrogens with one attached hydrogen (secondary N) is 1. The van der Waals surface area contributed by atoms with Gasteiger partial charge in [0, 0.05) is 6.04 Å². The summed E-state index contributed by atoms with van der Waals surface area (Å²) in [6.07, 6.45) is 7.18. The van der Waals surface area contributed by atoms with E-state index in [1.165, 1.54) is 6.42 Å². The second kappa shape index (κ2) is 9.04. The van der Waals surface area contributed by atoms with E-state index in [1.807, 2.05) is 19.1 Å². The van der Waals surface area contributed by atoms with Gasteiger partial charge in [-0.05, 0) is 55.4 Å². The molecule has 1 aliphatic rings. The molecule has 1 aromatic rings. The quantitative estimate of drug-likeness (QED) is 0.664. The molecule has 1 saturated carbocycles. The Labute approximate surface area is 153 Å². The fourth-order valence-corrected chi connectivity index (χ4v) is 4.92. The van der Waals surface area contributed by atoms with Crippen molar-refractivity contribution in [3.63, 3.8) is 0 Å². The standard InChI is InChI=1S/C20H33NO3S/c1-5-6-12-24-19-13-16(4)18(15(2)3)14-20(19)25(22,23)21-17-10-8-7-9-11-17/h13-15,17,21H,5-12H2,1-4H3. The van der Waals surface area contributed by atoms with Crippen molar-refractivity contribution in [2.24, 2.45) is 0 Å². The summed E-state index contributed by atoms with van der Waals surface area (Å²) < 4.78 is 34.9. The molecule has 0 spiro atoms. The SMILES string of the molecule is CCCCOc1cc(C)c(C(C)C)cc1S(=O)(=O)NC1CCCCC1. The molecule has 0 amide bonds. The van der Waals surface area contributed by atoms with Crippen LogP contribution in [-0.2, 0) is 10.0 Å². The maximum absolute atomic E-state index is 13.0. The number of hydrogen-bond donors (Lipinski definition) is 1. The van der Waals surface area contributed by atoms with Crippen molar-refractivity contribution in [2.45, 2.75) is 89.5 Å². The third kappa shape index (κ3) is 5.45. The minimum atomic E-state index is -3.58. The Hall–Kier alpha value is -1.07. The van der Waals surface area contributed by atoms with E-state index in [-0.39, 0.29) is 12.0 Å². The zero-order valence-corrected chi connectivity index (χ0v) is 16.9. The summed E-state index contributed by atoms with van der Waals surface area (Å²) in [7, 11) is -3.58. The molecule has 0 bridgehead atoms. The highest BCUT2D eigenvalue weighted by Gasteiger charge is 2.26. The van der Waals surface area contributed by atoms with Crippen molar-refractivity contribution in [3.05, 3.63) is 23.3 Å². The van der Waals surface area contributed by atoms with Crippen molar-refractivity contribution in [3.8, 4) is 5.75 Å². The zero-order chi connectivity index (χ0) is 18.4. The van der Waals surface area contributed by atoms with Gasteiger partial charge in [0.1, 0.15) is 10.6 Å². The highest BCUT2D eigenvalue weighted by atomic mass is 32.2. The van der Waals surface area contributed by atoms with Crippen LogP contribution < -0.4 is 9.46 Å². The maximum atomic E-state index is 13.0. The minimum absolute atomic E-state index is 0.0473. The summed E-state index contributed by atoms with van der Waals surface area (Å²) in [5, 5.41) is 0. The largest absolute Gasteiger partial charge is 0.492 e. The van der Waals surface area contributed by atoms with Crippen molar-refractivity contribution in [1.29, 1.82) is 0 Å². The average Bonchev–Trinajstić information content (AvgIpc) is 2.55. The van der Waals surface area contributed by atoms with Crippen molar-refractivity contribution >= 4 is 10.0 Å². The highest BCUT2D eigenvalue weighted by Crippen LogP contribution is 2.32. The number of ether oxygens (including phenoxy) is 1. The predicted octanol–water partition coefficient (Wildman–Crippen LogP) is 4.91. The first kappa shape index (κ1) is 20.2. The predicted molar refractivity (Wildman–Crippen MR) is 103 cm³/mol. The van der Waals surface area contributed by atoms with Gasteiger partial charge in [-0.1, -0.05) is 46.5 Å². The number of hydrogen-bond acceptors (Lipinski definition) is 3. The molecule has 5 heteroatoms. The summed E-state index contributed by atoms with van der Waals surface area (Å²) in [4.78, 5) is 0.295. The van der Waals surface area contributed by atoms with E-state index in [0.717, 1.165) is 49.7 Å². The van der Waals surface area contributed by atoms with Gasteiger partial charge >= 0.3 is 0 Å². The topological polar surface area (TPSA) is 55.4 Å². The number of benzene rings is 1. The molecule has 25 heavy (non-hydrogen) atoms. The first-order valence-corrected chi connectivity index (χ1v) is 11.1. The second-order valence-electron chi connectivity index (χ2n) is 7.47. The van der Waals surface area contributed by atoms with E-state index in [1.54, 1.807) is 0 Å². The van der Waals surface area contributed by atoms with E-state index in [4.69, 9.17) is 4.74 Å². The molecular weight excluding hydrogens is 334 g/mol. The van der Waals surface area contributed by atoms with Gasteiger partial charge in [0.15, 0.2) is 0 Å². The van der Waals surface area contributed by atoms with Gasteiger partial charge < -0.3 is 4.74 Å². The fourth-order valence-electron chi connectivity index (χ4n) is 3.45. The number of sulfonamides is 1. The van der Waals surface area contributed by atoms with Crippen LogP contribution in [-0.4, -0.2) is 21.1 Å². The van der Waals surface area contributed by atoms with Crippen LogP contribution in [0.3, 0.4) is 0 Å². The Bertz CT molecular complexity index is 662. The number of aryl methyl sites for hydroxylation is 1. The molecule has 1 fully saturated rings.